The van der Waals surface area contributed by atoms with Crippen molar-refractivity contribution in [2.75, 3.05) is 11.9 Å². The summed E-state index contributed by atoms with van der Waals surface area (Å²) in [6.07, 6.45) is 2.72. The normalized spacial score (nSPS) is 11.0. The van der Waals surface area contributed by atoms with E-state index in [2.05, 4.69) is 77.0 Å². The number of aromatic nitrogens is 3. The molecule has 0 amide bonds. The van der Waals surface area contributed by atoms with Crippen LogP contribution in [0.2, 0.25) is 0 Å². The molecule has 0 saturated heterocycles. The molecule has 0 radical (unpaired) electrons. The molecule has 4 nitrogen and oxygen atoms in total. The lowest BCUT2D eigenvalue weighted by Crippen LogP contribution is -2.11. The number of pyridine rings is 1. The molecular formula is C28H24N4. The summed E-state index contributed by atoms with van der Waals surface area (Å²) in [5.74, 6) is 1.79. The maximum atomic E-state index is 4.83. The fraction of sp³-hybridized carbons (Fsp3) is 0.107. The molecule has 5 aromatic rings. The summed E-state index contributed by atoms with van der Waals surface area (Å²) >= 11 is 0. The Kier molecular flexibility index (Phi) is 5.84. The van der Waals surface area contributed by atoms with E-state index in [1.165, 1.54) is 11.1 Å². The van der Waals surface area contributed by atoms with Crippen LogP contribution in [0.1, 0.15) is 23.5 Å². The molecule has 1 N–H and O–H groups in total. The van der Waals surface area contributed by atoms with E-state index in [0.29, 0.717) is 11.7 Å². The van der Waals surface area contributed by atoms with Gasteiger partial charge in [0.25, 0.3) is 0 Å². The highest BCUT2D eigenvalue weighted by atomic mass is 15.0. The number of nitrogens with zero attached hydrogens (tertiary/aromatic N) is 3. The fourth-order valence-electron chi connectivity index (χ4n) is 4.05. The van der Waals surface area contributed by atoms with E-state index in [1.807, 2.05) is 36.4 Å². The average Bonchev–Trinajstić information content (AvgIpc) is 2.88. The van der Waals surface area contributed by atoms with Gasteiger partial charge in [-0.1, -0.05) is 78.9 Å². The Morgan fingerprint density at radius 1 is 0.656 bits per heavy atom. The lowest BCUT2D eigenvalue weighted by atomic mass is 9.88. The number of hydrogen-bond acceptors (Lipinski definition) is 4. The minimum Gasteiger partial charge on any atom is -0.369 e. The Balaban J connectivity index is 1.43. The van der Waals surface area contributed by atoms with Gasteiger partial charge in [-0.2, -0.15) is 0 Å². The summed E-state index contributed by atoms with van der Waals surface area (Å²) in [6, 6.07) is 35.3. The molecule has 0 spiro atoms. The number of anilines is 1. The molecule has 0 aliphatic rings. The molecule has 156 valence electrons. The SMILES string of the molecule is c1ccc(C(CCNc2nc(-c3ccccn3)nc3ccccc23)c2ccccc2)cc1. The van der Waals surface area contributed by atoms with Gasteiger partial charge in [-0.25, -0.2) is 9.97 Å². The van der Waals surface area contributed by atoms with Gasteiger partial charge < -0.3 is 5.32 Å². The minimum atomic E-state index is 0.313. The summed E-state index contributed by atoms with van der Waals surface area (Å²) in [5.41, 5.74) is 4.32. The average molecular weight is 417 g/mol. The Morgan fingerprint density at radius 2 is 1.31 bits per heavy atom. The van der Waals surface area contributed by atoms with Crippen molar-refractivity contribution in [3.63, 3.8) is 0 Å². The number of hydrogen-bond donors (Lipinski definition) is 1. The zero-order chi connectivity index (χ0) is 21.6. The molecule has 2 heterocycles. The fourth-order valence-corrected chi connectivity index (χ4v) is 4.05. The summed E-state index contributed by atoms with van der Waals surface area (Å²) in [5, 5.41) is 4.61. The quantitative estimate of drug-likeness (QED) is 0.337. The Morgan fingerprint density at radius 3 is 2.00 bits per heavy atom. The number of nitrogens with one attached hydrogen (secondary N) is 1. The van der Waals surface area contributed by atoms with E-state index in [4.69, 9.17) is 9.97 Å². The van der Waals surface area contributed by atoms with Gasteiger partial charge in [0.2, 0.25) is 0 Å². The van der Waals surface area contributed by atoms with Crippen LogP contribution in [0, 0.1) is 0 Å². The third-order valence-corrected chi connectivity index (χ3v) is 5.63. The van der Waals surface area contributed by atoms with Gasteiger partial charge in [0.1, 0.15) is 11.5 Å². The molecule has 5 rings (SSSR count). The monoisotopic (exact) mass is 416 g/mol. The molecule has 0 unspecified atom stereocenters. The predicted octanol–water partition coefficient (Wildman–Crippen LogP) is 6.33. The molecule has 32 heavy (non-hydrogen) atoms. The van der Waals surface area contributed by atoms with E-state index in [9.17, 15) is 0 Å². The summed E-state index contributed by atoms with van der Waals surface area (Å²) < 4.78 is 0. The maximum absolute atomic E-state index is 4.83. The van der Waals surface area contributed by atoms with Crippen LogP contribution >= 0.6 is 0 Å². The first-order valence-corrected chi connectivity index (χ1v) is 10.9. The maximum Gasteiger partial charge on any atom is 0.180 e. The first kappa shape index (κ1) is 19.9. The molecular weight excluding hydrogens is 392 g/mol. The van der Waals surface area contributed by atoms with Crippen LogP contribution in [-0.4, -0.2) is 21.5 Å². The second kappa shape index (κ2) is 9.40. The third kappa shape index (κ3) is 4.35. The lowest BCUT2D eigenvalue weighted by molar-refractivity contribution is 0.743. The van der Waals surface area contributed by atoms with Gasteiger partial charge >= 0.3 is 0 Å². The van der Waals surface area contributed by atoms with Gasteiger partial charge in [0.15, 0.2) is 5.82 Å². The lowest BCUT2D eigenvalue weighted by Gasteiger charge is -2.19. The molecule has 0 atom stereocenters. The van der Waals surface area contributed by atoms with Crippen LogP contribution in [-0.2, 0) is 0 Å². The van der Waals surface area contributed by atoms with Crippen LogP contribution in [0.15, 0.2) is 109 Å². The van der Waals surface area contributed by atoms with Gasteiger partial charge in [-0.15, -0.1) is 0 Å². The first-order chi connectivity index (χ1) is 15.9. The van der Waals surface area contributed by atoms with Crippen molar-refractivity contribution in [3.05, 3.63) is 120 Å². The number of para-hydroxylation sites is 1. The standard InChI is InChI=1S/C28H24N4/c1-3-11-21(12-4-1)23(22-13-5-2-6-14-22)18-20-30-27-24-15-7-8-16-25(24)31-28(32-27)26-17-9-10-19-29-26/h1-17,19,23H,18,20H2,(H,30,31,32). The van der Waals surface area contributed by atoms with Crippen molar-refractivity contribution >= 4 is 16.7 Å². The molecule has 2 aromatic heterocycles. The topological polar surface area (TPSA) is 50.7 Å². The second-order valence-electron chi connectivity index (χ2n) is 7.72. The van der Waals surface area contributed by atoms with Crippen molar-refractivity contribution < 1.29 is 0 Å². The van der Waals surface area contributed by atoms with Crippen molar-refractivity contribution in [3.8, 4) is 11.5 Å². The Bertz CT molecular complexity index is 1250. The zero-order valence-electron chi connectivity index (χ0n) is 17.7. The van der Waals surface area contributed by atoms with Crippen molar-refractivity contribution in [1.82, 2.24) is 15.0 Å². The number of benzene rings is 3. The number of rotatable bonds is 7. The molecule has 4 heteroatoms. The molecule has 0 aliphatic carbocycles. The molecule has 0 aliphatic heterocycles. The van der Waals surface area contributed by atoms with Crippen LogP contribution in [0.5, 0.6) is 0 Å². The van der Waals surface area contributed by atoms with Crippen molar-refractivity contribution in [2.24, 2.45) is 0 Å². The second-order valence-corrected chi connectivity index (χ2v) is 7.72. The van der Waals surface area contributed by atoms with Gasteiger partial charge in [-0.05, 0) is 41.8 Å². The highest BCUT2D eigenvalue weighted by Gasteiger charge is 2.15. The highest BCUT2D eigenvalue weighted by molar-refractivity contribution is 5.90. The first-order valence-electron chi connectivity index (χ1n) is 10.9. The van der Waals surface area contributed by atoms with E-state index in [-0.39, 0.29) is 0 Å². The summed E-state index contributed by atoms with van der Waals surface area (Å²) in [7, 11) is 0. The highest BCUT2D eigenvalue weighted by Crippen LogP contribution is 2.29. The molecule has 0 saturated carbocycles. The minimum absolute atomic E-state index is 0.313. The van der Waals surface area contributed by atoms with Gasteiger partial charge in [0.05, 0.1) is 5.52 Å². The Hall–Kier alpha value is -4.05. The van der Waals surface area contributed by atoms with Crippen LogP contribution in [0.4, 0.5) is 5.82 Å². The van der Waals surface area contributed by atoms with E-state index in [0.717, 1.165) is 35.4 Å². The zero-order valence-corrected chi connectivity index (χ0v) is 17.7. The molecule has 0 fully saturated rings. The van der Waals surface area contributed by atoms with Crippen LogP contribution in [0.3, 0.4) is 0 Å². The smallest absolute Gasteiger partial charge is 0.180 e. The summed E-state index contributed by atoms with van der Waals surface area (Å²) in [6.45, 7) is 0.789. The van der Waals surface area contributed by atoms with E-state index < -0.39 is 0 Å². The summed E-state index contributed by atoms with van der Waals surface area (Å²) in [4.78, 5) is 14.0. The third-order valence-electron chi connectivity index (χ3n) is 5.63. The van der Waals surface area contributed by atoms with Gasteiger partial charge in [0, 0.05) is 24.0 Å². The van der Waals surface area contributed by atoms with E-state index >= 15 is 0 Å². The van der Waals surface area contributed by atoms with Crippen LogP contribution in [0.25, 0.3) is 22.4 Å². The Labute approximate surface area is 188 Å². The van der Waals surface area contributed by atoms with E-state index in [1.54, 1.807) is 6.20 Å². The van der Waals surface area contributed by atoms with Gasteiger partial charge in [-0.3, -0.25) is 4.98 Å². The molecule has 0 bridgehead atoms. The van der Waals surface area contributed by atoms with Crippen LogP contribution < -0.4 is 5.32 Å². The van der Waals surface area contributed by atoms with Crippen molar-refractivity contribution in [1.29, 1.82) is 0 Å². The largest absolute Gasteiger partial charge is 0.369 e. The number of fused-ring (bicyclic) bond motifs is 1. The molecule has 3 aromatic carbocycles. The van der Waals surface area contributed by atoms with Crippen molar-refractivity contribution in [2.45, 2.75) is 12.3 Å². The predicted molar refractivity (Wildman–Crippen MR) is 131 cm³/mol.